The fraction of sp³-hybridized carbons (Fsp3) is 0.258. The zero-order valence-electron chi connectivity index (χ0n) is 23.0. The van der Waals surface area contributed by atoms with E-state index in [2.05, 4.69) is 0 Å². The van der Waals surface area contributed by atoms with E-state index >= 15 is 0 Å². The minimum absolute atomic E-state index is 0.0741. The highest BCUT2D eigenvalue weighted by Crippen LogP contribution is 2.35. The van der Waals surface area contributed by atoms with E-state index in [1.807, 2.05) is 0 Å². The molecule has 0 saturated heterocycles. The SMILES string of the molecule is CC(=O)N1C=C(c2cccc(OCc3cc(Cl)cc(Cl)c3)c2)N(C(Cc2cc(Cl)cc(Cl)c2)C(=O)O)C(=O)[C@H]1C(C)C. The summed E-state index contributed by atoms with van der Waals surface area (Å²) in [6, 6.07) is 14.5. The van der Waals surface area contributed by atoms with Gasteiger partial charge in [0.1, 0.15) is 24.4 Å². The number of aliphatic carboxylic acids is 1. The van der Waals surface area contributed by atoms with Crippen molar-refractivity contribution in [3.8, 4) is 5.75 Å². The number of carboxylic acid groups (broad SMARTS) is 1. The third-order valence-electron chi connectivity index (χ3n) is 6.71. The summed E-state index contributed by atoms with van der Waals surface area (Å²) in [5.41, 5.74) is 2.01. The van der Waals surface area contributed by atoms with Gasteiger partial charge in [0.25, 0.3) is 5.91 Å². The van der Waals surface area contributed by atoms with Gasteiger partial charge in [-0.15, -0.1) is 0 Å². The fourth-order valence-electron chi connectivity index (χ4n) is 4.93. The Hall–Kier alpha value is -3.23. The van der Waals surface area contributed by atoms with Crippen LogP contribution in [0.1, 0.15) is 37.5 Å². The first-order valence-electron chi connectivity index (χ1n) is 13.0. The van der Waals surface area contributed by atoms with Crippen molar-refractivity contribution in [1.29, 1.82) is 0 Å². The van der Waals surface area contributed by atoms with Crippen LogP contribution in [-0.2, 0) is 27.4 Å². The molecule has 1 aliphatic heterocycles. The molecule has 0 aromatic heterocycles. The van der Waals surface area contributed by atoms with Crippen molar-refractivity contribution >= 4 is 69.9 Å². The van der Waals surface area contributed by atoms with Crippen LogP contribution in [0.3, 0.4) is 0 Å². The summed E-state index contributed by atoms with van der Waals surface area (Å²) in [4.78, 5) is 42.2. The second-order valence-electron chi connectivity index (χ2n) is 10.3. The summed E-state index contributed by atoms with van der Waals surface area (Å²) < 4.78 is 5.99. The zero-order valence-corrected chi connectivity index (χ0v) is 26.0. The van der Waals surface area contributed by atoms with Gasteiger partial charge >= 0.3 is 5.97 Å². The number of carbonyl (C=O) groups is 3. The summed E-state index contributed by atoms with van der Waals surface area (Å²) in [6.45, 7) is 5.13. The summed E-state index contributed by atoms with van der Waals surface area (Å²) >= 11 is 24.6. The topological polar surface area (TPSA) is 87.2 Å². The Kier molecular flexibility index (Phi) is 10.1. The number of benzene rings is 3. The van der Waals surface area contributed by atoms with Gasteiger partial charge in [0.05, 0.1) is 5.70 Å². The highest BCUT2D eigenvalue weighted by molar-refractivity contribution is 6.35. The third kappa shape index (κ3) is 7.39. The van der Waals surface area contributed by atoms with E-state index in [-0.39, 0.29) is 30.5 Å². The number of hydrogen-bond donors (Lipinski definition) is 1. The number of ether oxygens (including phenoxy) is 1. The van der Waals surface area contributed by atoms with Gasteiger partial charge in [-0.2, -0.15) is 0 Å². The van der Waals surface area contributed by atoms with Crippen molar-refractivity contribution in [2.75, 3.05) is 0 Å². The highest BCUT2D eigenvalue weighted by atomic mass is 35.5. The molecule has 11 heteroatoms. The van der Waals surface area contributed by atoms with Gasteiger partial charge in [0.15, 0.2) is 0 Å². The molecule has 1 aliphatic rings. The lowest BCUT2D eigenvalue weighted by molar-refractivity contribution is -0.152. The number of carboxylic acids is 1. The first-order valence-corrected chi connectivity index (χ1v) is 14.5. The Morgan fingerprint density at radius 1 is 0.905 bits per heavy atom. The van der Waals surface area contributed by atoms with Crippen LogP contribution < -0.4 is 4.74 Å². The Morgan fingerprint density at radius 3 is 2.00 bits per heavy atom. The summed E-state index contributed by atoms with van der Waals surface area (Å²) in [5, 5.41) is 12.0. The first kappa shape index (κ1) is 31.7. The van der Waals surface area contributed by atoms with Crippen molar-refractivity contribution in [2.24, 2.45) is 5.92 Å². The molecule has 2 amide bonds. The number of rotatable bonds is 9. The molecule has 42 heavy (non-hydrogen) atoms. The molecule has 1 unspecified atom stereocenters. The predicted molar refractivity (Wildman–Crippen MR) is 165 cm³/mol. The van der Waals surface area contributed by atoms with Crippen molar-refractivity contribution in [3.05, 3.63) is 104 Å². The Morgan fingerprint density at radius 2 is 1.48 bits per heavy atom. The molecule has 1 N–H and O–H groups in total. The average Bonchev–Trinajstić information content (AvgIpc) is 2.89. The van der Waals surface area contributed by atoms with Gasteiger partial charge in [0, 0.05) is 45.2 Å². The summed E-state index contributed by atoms with van der Waals surface area (Å²) in [6.07, 6.45) is 1.46. The van der Waals surface area contributed by atoms with E-state index in [9.17, 15) is 19.5 Å². The minimum Gasteiger partial charge on any atom is -0.489 e. The molecule has 0 aliphatic carbocycles. The molecule has 3 aromatic rings. The zero-order chi connectivity index (χ0) is 30.7. The molecule has 7 nitrogen and oxygen atoms in total. The summed E-state index contributed by atoms with van der Waals surface area (Å²) in [7, 11) is 0. The monoisotopic (exact) mass is 648 g/mol. The van der Waals surface area contributed by atoms with Crippen molar-refractivity contribution in [3.63, 3.8) is 0 Å². The number of carbonyl (C=O) groups excluding carboxylic acids is 2. The van der Waals surface area contributed by atoms with Gasteiger partial charge in [0.2, 0.25) is 5.91 Å². The molecular weight excluding hydrogens is 622 g/mol. The van der Waals surface area contributed by atoms with E-state index in [1.54, 1.807) is 74.5 Å². The number of nitrogens with zero attached hydrogens (tertiary/aromatic N) is 2. The minimum atomic E-state index is -1.33. The normalized spacial score (nSPS) is 16.0. The van der Waals surface area contributed by atoms with Gasteiger partial charge in [-0.3, -0.25) is 14.5 Å². The van der Waals surface area contributed by atoms with Crippen molar-refractivity contribution in [1.82, 2.24) is 9.80 Å². The Labute approximate surface area is 264 Å². The van der Waals surface area contributed by atoms with Crippen molar-refractivity contribution < 1.29 is 24.2 Å². The second kappa shape index (κ2) is 13.4. The quantitative estimate of drug-likeness (QED) is 0.258. The lowest BCUT2D eigenvalue weighted by Gasteiger charge is -2.43. The number of halogens is 4. The highest BCUT2D eigenvalue weighted by Gasteiger charge is 2.44. The maximum atomic E-state index is 14.1. The largest absolute Gasteiger partial charge is 0.489 e. The lowest BCUT2D eigenvalue weighted by Crippen LogP contribution is -2.58. The molecule has 220 valence electrons. The van der Waals surface area contributed by atoms with Crippen molar-refractivity contribution in [2.45, 2.75) is 45.9 Å². The molecule has 0 radical (unpaired) electrons. The smallest absolute Gasteiger partial charge is 0.327 e. The average molecular weight is 650 g/mol. The molecule has 1 heterocycles. The third-order valence-corrected chi connectivity index (χ3v) is 7.58. The lowest BCUT2D eigenvalue weighted by atomic mass is 9.94. The van der Waals surface area contributed by atoms with E-state index in [1.165, 1.54) is 22.9 Å². The fourth-order valence-corrected chi connectivity index (χ4v) is 6.07. The molecule has 0 spiro atoms. The van der Waals surface area contributed by atoms with Gasteiger partial charge in [-0.25, -0.2) is 4.79 Å². The summed E-state index contributed by atoms with van der Waals surface area (Å²) in [5.74, 6) is -1.94. The molecule has 0 fully saturated rings. The van der Waals surface area contributed by atoms with Crippen LogP contribution in [0.15, 0.2) is 66.9 Å². The molecule has 2 atom stereocenters. The van der Waals surface area contributed by atoms with Crippen LogP contribution in [0.25, 0.3) is 5.70 Å². The number of hydrogen-bond acceptors (Lipinski definition) is 4. The Bertz CT molecular complexity index is 1520. The van der Waals surface area contributed by atoms with E-state index in [0.29, 0.717) is 37.0 Å². The van der Waals surface area contributed by atoms with E-state index < -0.39 is 24.0 Å². The molecular formula is C31H28Cl4N2O5. The van der Waals surface area contributed by atoms with Crippen LogP contribution in [0, 0.1) is 5.92 Å². The van der Waals surface area contributed by atoms with Crippen LogP contribution >= 0.6 is 46.4 Å². The molecule has 4 rings (SSSR count). The van der Waals surface area contributed by atoms with Crippen LogP contribution in [0.5, 0.6) is 5.75 Å². The van der Waals surface area contributed by atoms with E-state index in [0.717, 1.165) is 5.56 Å². The van der Waals surface area contributed by atoms with Crippen LogP contribution in [0.4, 0.5) is 0 Å². The molecule has 0 saturated carbocycles. The molecule has 3 aromatic carbocycles. The van der Waals surface area contributed by atoms with Gasteiger partial charge in [-0.1, -0.05) is 72.4 Å². The Balaban J connectivity index is 1.78. The first-order chi connectivity index (χ1) is 19.8. The maximum absolute atomic E-state index is 14.1. The van der Waals surface area contributed by atoms with Crippen LogP contribution in [-0.4, -0.2) is 44.8 Å². The van der Waals surface area contributed by atoms with Crippen LogP contribution in [0.2, 0.25) is 20.1 Å². The maximum Gasteiger partial charge on any atom is 0.327 e. The van der Waals surface area contributed by atoms with E-state index in [4.69, 9.17) is 51.1 Å². The van der Waals surface area contributed by atoms with Gasteiger partial charge < -0.3 is 14.7 Å². The van der Waals surface area contributed by atoms with Gasteiger partial charge in [-0.05, 0) is 65.6 Å². The second-order valence-corrected chi connectivity index (χ2v) is 12.0. The number of amides is 2. The predicted octanol–water partition coefficient (Wildman–Crippen LogP) is 7.59. The standard InChI is InChI=1S/C31H28Cl4N2O5/c1-17(2)29-30(39)37(27(31(40)41)11-19-7-22(32)13-23(33)8-19)28(15-36(29)18(3)38)21-5-4-6-26(12-21)42-16-20-9-24(34)14-25(35)10-20/h4-10,12-15,17,27,29H,11,16H2,1-3H3,(H,40,41)/t27?,29-/m1/s1. The molecule has 0 bridgehead atoms.